The minimum atomic E-state index is -0.833. The van der Waals surface area contributed by atoms with Crippen molar-refractivity contribution in [1.82, 2.24) is 20.2 Å². The molecule has 10 nitrogen and oxygen atoms in total. The van der Waals surface area contributed by atoms with Gasteiger partial charge in [0.05, 0.1) is 35.3 Å². The van der Waals surface area contributed by atoms with Crippen LogP contribution in [0.4, 0.5) is 4.79 Å². The van der Waals surface area contributed by atoms with Crippen LogP contribution in [0.2, 0.25) is 0 Å². The summed E-state index contributed by atoms with van der Waals surface area (Å²) in [5, 5.41) is 13.3. The number of aromatic amines is 1. The summed E-state index contributed by atoms with van der Waals surface area (Å²) in [6.07, 6.45) is 11.8. The average Bonchev–Trinajstić information content (AvgIpc) is 3.94. The maximum Gasteiger partial charge on any atom is 0.318 e. The Labute approximate surface area is 362 Å². The molecule has 61 heavy (non-hydrogen) atoms. The summed E-state index contributed by atoms with van der Waals surface area (Å²) in [7, 11) is 0. The van der Waals surface area contributed by atoms with Crippen LogP contribution in [-0.2, 0) is 19.1 Å². The molecule has 0 radical (unpaired) electrons. The number of ketones is 1. The van der Waals surface area contributed by atoms with E-state index in [9.17, 15) is 24.3 Å². The molecule has 1 aliphatic heterocycles. The first kappa shape index (κ1) is 42.4. The maximum atomic E-state index is 14.7. The van der Waals surface area contributed by atoms with Gasteiger partial charge in [0.2, 0.25) is 0 Å². The minimum Gasteiger partial charge on any atom is -0.481 e. The summed E-state index contributed by atoms with van der Waals surface area (Å²) < 4.78 is 6.44. The predicted molar refractivity (Wildman–Crippen MR) is 234 cm³/mol. The van der Waals surface area contributed by atoms with Gasteiger partial charge in [-0.05, 0) is 133 Å². The van der Waals surface area contributed by atoms with Crippen LogP contribution in [-0.4, -0.2) is 61.9 Å². The molecule has 1 aromatic carbocycles. The SMILES string of the molecule is CC(C)C1=C2[C@H]3CC[C@@H]4[C@@]5(C)CC[C@H](OC(=O)[C@H]6C[C@@H](C(=O)O)C6(C)C)C(C)(C)[C@@H]5CC[C@@]4(C)[C@]3(C)CCC2(NC(=O)N2CCC[C@H]2c2ncc(-c3ccccc3)[nH]2)CC1=O. The Balaban J connectivity index is 0.961. The van der Waals surface area contributed by atoms with E-state index >= 15 is 0 Å². The van der Waals surface area contributed by atoms with E-state index in [0.29, 0.717) is 31.2 Å². The van der Waals surface area contributed by atoms with Gasteiger partial charge in [0.15, 0.2) is 5.78 Å². The number of nitrogens with zero attached hydrogens (tertiary/aromatic N) is 2. The van der Waals surface area contributed by atoms with Crippen LogP contribution >= 0.6 is 0 Å². The van der Waals surface area contributed by atoms with Gasteiger partial charge in [0.25, 0.3) is 0 Å². The fourth-order valence-corrected chi connectivity index (χ4v) is 15.7. The van der Waals surface area contributed by atoms with Gasteiger partial charge in [-0.3, -0.25) is 14.4 Å². The Morgan fingerprint density at radius 1 is 0.869 bits per heavy atom. The van der Waals surface area contributed by atoms with Crippen LogP contribution in [0.1, 0.15) is 151 Å². The molecule has 1 saturated heterocycles. The number of allylic oxidation sites excluding steroid dienone is 1. The Kier molecular flexibility index (Phi) is 9.92. The molecule has 6 fully saturated rings. The molecule has 2 aromatic rings. The lowest BCUT2D eigenvalue weighted by Gasteiger charge is -2.72. The maximum absolute atomic E-state index is 14.7. The first-order valence-electron chi connectivity index (χ1n) is 23.6. The van der Waals surface area contributed by atoms with E-state index in [1.165, 1.54) is 5.57 Å². The van der Waals surface area contributed by atoms with Gasteiger partial charge in [-0.1, -0.05) is 92.6 Å². The number of nitrogens with one attached hydrogen (secondary N) is 2. The molecule has 2 amide bonds. The van der Waals surface area contributed by atoms with Crippen molar-refractivity contribution in [3.8, 4) is 11.3 Å². The fourth-order valence-electron chi connectivity index (χ4n) is 15.7. The number of likely N-dealkylation sites (tertiary alicyclic amines) is 1. The Hall–Kier alpha value is -3.95. The molecule has 330 valence electrons. The van der Waals surface area contributed by atoms with Crippen LogP contribution in [0.15, 0.2) is 47.7 Å². The zero-order valence-electron chi connectivity index (χ0n) is 38.2. The molecule has 3 N–H and O–H groups in total. The van der Waals surface area contributed by atoms with E-state index in [1.54, 1.807) is 0 Å². The highest BCUT2D eigenvalue weighted by Crippen LogP contribution is 2.76. The van der Waals surface area contributed by atoms with Crippen LogP contribution in [0.3, 0.4) is 0 Å². The number of hydrogen-bond acceptors (Lipinski definition) is 6. The van der Waals surface area contributed by atoms with Crippen molar-refractivity contribution in [3.63, 3.8) is 0 Å². The second-order valence-corrected chi connectivity index (χ2v) is 22.9. The van der Waals surface area contributed by atoms with Crippen molar-refractivity contribution in [1.29, 1.82) is 0 Å². The third-order valence-electron chi connectivity index (χ3n) is 19.3. The number of aromatic nitrogens is 2. The summed E-state index contributed by atoms with van der Waals surface area (Å²) >= 11 is 0. The van der Waals surface area contributed by atoms with Gasteiger partial charge in [-0.2, -0.15) is 0 Å². The number of Topliss-reactive ketones (excluding diaryl/α,β-unsaturated/α-hetero) is 1. The number of carbonyl (C=O) groups is 4. The summed E-state index contributed by atoms with van der Waals surface area (Å²) in [6.45, 7) is 21.0. The molecule has 0 bridgehead atoms. The van der Waals surface area contributed by atoms with E-state index in [1.807, 2.05) is 43.1 Å². The van der Waals surface area contributed by atoms with E-state index < -0.39 is 22.8 Å². The number of carbonyl (C=O) groups excluding carboxylic acids is 3. The van der Waals surface area contributed by atoms with Crippen molar-refractivity contribution in [3.05, 3.63) is 53.5 Å². The first-order chi connectivity index (χ1) is 28.7. The van der Waals surface area contributed by atoms with Crippen molar-refractivity contribution < 1.29 is 29.0 Å². The monoisotopic (exact) mass is 835 g/mol. The number of hydrogen-bond donors (Lipinski definition) is 3. The molecule has 9 rings (SSSR count). The largest absolute Gasteiger partial charge is 0.481 e. The van der Waals surface area contributed by atoms with Crippen LogP contribution in [0, 0.1) is 62.6 Å². The Morgan fingerprint density at radius 3 is 2.30 bits per heavy atom. The van der Waals surface area contributed by atoms with Gasteiger partial charge in [-0.15, -0.1) is 0 Å². The molecule has 10 heteroatoms. The van der Waals surface area contributed by atoms with Gasteiger partial charge < -0.3 is 25.0 Å². The molecule has 11 atom stereocenters. The highest BCUT2D eigenvalue weighted by Gasteiger charge is 2.71. The van der Waals surface area contributed by atoms with Crippen molar-refractivity contribution in [2.45, 2.75) is 157 Å². The molecule has 1 aromatic heterocycles. The first-order valence-corrected chi connectivity index (χ1v) is 23.6. The number of rotatable bonds is 7. The molecular formula is C51H70N4O6. The Bertz CT molecular complexity index is 2160. The number of benzene rings is 1. The number of ether oxygens (including phenoxy) is 1. The second-order valence-electron chi connectivity index (χ2n) is 22.9. The number of imidazole rings is 1. The van der Waals surface area contributed by atoms with Crippen molar-refractivity contribution in [2.75, 3.05) is 6.54 Å². The number of amides is 2. The molecule has 0 spiro atoms. The van der Waals surface area contributed by atoms with E-state index in [-0.39, 0.29) is 69.3 Å². The summed E-state index contributed by atoms with van der Waals surface area (Å²) in [5.41, 5.74) is 2.70. The lowest BCUT2D eigenvalue weighted by Crippen LogP contribution is -2.67. The molecule has 2 heterocycles. The highest BCUT2D eigenvalue weighted by atomic mass is 16.5. The van der Waals surface area contributed by atoms with Crippen LogP contribution < -0.4 is 5.32 Å². The number of esters is 1. The van der Waals surface area contributed by atoms with E-state index in [4.69, 9.17) is 9.72 Å². The Morgan fingerprint density at radius 2 is 1.61 bits per heavy atom. The molecule has 7 aliphatic rings. The third kappa shape index (κ3) is 6.08. The smallest absolute Gasteiger partial charge is 0.318 e. The number of carboxylic acids is 1. The summed E-state index contributed by atoms with van der Waals surface area (Å²) in [6, 6.07) is 9.92. The lowest BCUT2D eigenvalue weighted by atomic mass is 9.33. The molecule has 6 aliphatic carbocycles. The number of urea groups is 1. The van der Waals surface area contributed by atoms with Gasteiger partial charge in [0.1, 0.15) is 11.9 Å². The highest BCUT2D eigenvalue weighted by molar-refractivity contribution is 6.02. The van der Waals surface area contributed by atoms with Gasteiger partial charge in [0, 0.05) is 18.4 Å². The lowest BCUT2D eigenvalue weighted by molar-refractivity contribution is -0.235. The summed E-state index contributed by atoms with van der Waals surface area (Å²) in [5.74, 6) is 0.156. The molecule has 5 saturated carbocycles. The minimum absolute atomic E-state index is 0.0231. The number of aliphatic carboxylic acids is 1. The van der Waals surface area contributed by atoms with Crippen LogP contribution in [0.25, 0.3) is 11.3 Å². The second kappa shape index (κ2) is 14.3. The van der Waals surface area contributed by atoms with Crippen molar-refractivity contribution >= 4 is 23.8 Å². The number of H-pyrrole nitrogens is 1. The fraction of sp³-hybridized carbons (Fsp3) is 0.706. The summed E-state index contributed by atoms with van der Waals surface area (Å²) in [4.78, 5) is 64.8. The quantitative estimate of drug-likeness (QED) is 0.236. The van der Waals surface area contributed by atoms with E-state index in [2.05, 4.69) is 70.9 Å². The van der Waals surface area contributed by atoms with E-state index in [0.717, 1.165) is 86.9 Å². The zero-order chi connectivity index (χ0) is 43.7. The third-order valence-corrected chi connectivity index (χ3v) is 19.3. The topological polar surface area (TPSA) is 142 Å². The number of carboxylic acid groups (broad SMARTS) is 1. The standard InChI is InChI=1S/C51H70N4O6/c1-29(2)40-36(56)27-51(54-45(60)55-25-13-16-35(55)42-52-28-34(53-42)30-14-11-10-12-15-30)24-23-49(8)31(41(40)51)17-18-38-48(7)21-20-39(47(5,6)37(48)19-22-50(38,49)9)61-44(59)33-26-32(43(57)58)46(33,3)4/h10-12,14-15,28-29,31-33,35,37-39H,13,16-27H2,1-9H3,(H,52,53)(H,54,60)(H,57,58)/t31-,32+,33-,35+,37+,38-,39+,48+,49-,50-,51?/m1/s1. The normalized spacial score (nSPS) is 39.7. The molecular weight excluding hydrogens is 765 g/mol. The zero-order valence-corrected chi connectivity index (χ0v) is 38.2. The number of fused-ring (bicyclic) bond motifs is 7. The van der Waals surface area contributed by atoms with Crippen molar-refractivity contribution in [2.24, 2.45) is 62.6 Å². The van der Waals surface area contributed by atoms with Gasteiger partial charge >= 0.3 is 18.0 Å². The van der Waals surface area contributed by atoms with Gasteiger partial charge in [-0.25, -0.2) is 9.78 Å². The van der Waals surface area contributed by atoms with Crippen LogP contribution in [0.5, 0.6) is 0 Å². The predicted octanol–water partition coefficient (Wildman–Crippen LogP) is 10.3. The molecule has 1 unspecified atom stereocenters. The average molecular weight is 835 g/mol.